The van der Waals surface area contributed by atoms with Gasteiger partial charge in [0.2, 0.25) is 0 Å². The first-order chi connectivity index (χ1) is 16.0. The van der Waals surface area contributed by atoms with Crippen molar-refractivity contribution >= 4 is 39.6 Å². The zero-order valence-electron chi connectivity index (χ0n) is 19.2. The van der Waals surface area contributed by atoms with E-state index >= 15 is 0 Å². The highest BCUT2D eigenvalue weighted by atomic mass is 16.2. The zero-order valence-corrected chi connectivity index (χ0v) is 19.2. The van der Waals surface area contributed by atoms with E-state index in [9.17, 15) is 4.79 Å². The third-order valence-corrected chi connectivity index (χ3v) is 6.57. The number of hydrogen-bond donors (Lipinski definition) is 0. The van der Waals surface area contributed by atoms with Crippen molar-refractivity contribution in [3.8, 4) is 0 Å². The predicted octanol–water partition coefficient (Wildman–Crippen LogP) is 4.32. The molecule has 2 aliphatic rings. The molecule has 0 bridgehead atoms. The monoisotopic (exact) mass is 441 g/mol. The molecular weight excluding hydrogens is 414 g/mol. The van der Waals surface area contributed by atoms with Crippen molar-refractivity contribution in [1.82, 2.24) is 24.7 Å². The average molecular weight is 442 g/mol. The van der Waals surface area contributed by atoms with Gasteiger partial charge < -0.3 is 4.90 Å². The van der Waals surface area contributed by atoms with Crippen molar-refractivity contribution in [3.63, 3.8) is 0 Å². The van der Waals surface area contributed by atoms with E-state index in [1.807, 2.05) is 42.1 Å². The maximum atomic E-state index is 14.1. The van der Waals surface area contributed by atoms with Crippen LogP contribution in [0.1, 0.15) is 61.1 Å². The van der Waals surface area contributed by atoms with Crippen LogP contribution >= 0.6 is 0 Å². The quantitative estimate of drug-likeness (QED) is 0.471. The Balaban J connectivity index is 1.53. The number of carbonyl (C=O) groups is 1. The number of hydrogen-bond acceptors (Lipinski definition) is 6. The van der Waals surface area contributed by atoms with E-state index < -0.39 is 0 Å². The van der Waals surface area contributed by atoms with E-state index in [-0.39, 0.29) is 11.9 Å². The second-order valence-corrected chi connectivity index (χ2v) is 9.38. The topological polar surface area (TPSA) is 80.0 Å². The van der Waals surface area contributed by atoms with Crippen LogP contribution in [0.25, 0.3) is 22.1 Å². The molecule has 1 saturated carbocycles. The second kappa shape index (κ2) is 7.50. The van der Waals surface area contributed by atoms with Gasteiger partial charge in [0.25, 0.3) is 5.91 Å². The average Bonchev–Trinajstić information content (AvgIpc) is 3.60. The molecule has 0 saturated heterocycles. The minimum absolute atomic E-state index is 0.0614. The molecule has 0 atom stereocenters. The Bertz CT molecular complexity index is 1390. The summed E-state index contributed by atoms with van der Waals surface area (Å²) in [7, 11) is 2.01. The van der Waals surface area contributed by atoms with Crippen LogP contribution in [0.2, 0.25) is 0 Å². The number of pyridine rings is 1. The van der Waals surface area contributed by atoms with Crippen LogP contribution in [-0.2, 0) is 0 Å². The molecule has 168 valence electrons. The number of nitrogens with zero attached hydrogens (tertiary/aromatic N) is 7. The summed E-state index contributed by atoms with van der Waals surface area (Å²) in [6.45, 7) is 5.57. The summed E-state index contributed by atoms with van der Waals surface area (Å²) in [5.74, 6) is 1.73. The molecule has 1 fully saturated rings. The Morgan fingerprint density at radius 3 is 2.45 bits per heavy atom. The highest BCUT2D eigenvalue weighted by Gasteiger charge is 2.32. The fraction of sp³-hybridized carbons (Fsp3) is 0.400. The molecule has 0 radical (unpaired) electrons. The van der Waals surface area contributed by atoms with Gasteiger partial charge in [-0.05, 0) is 51.3 Å². The van der Waals surface area contributed by atoms with E-state index in [1.165, 1.54) is 0 Å². The van der Waals surface area contributed by atoms with Crippen molar-refractivity contribution < 1.29 is 4.79 Å². The van der Waals surface area contributed by atoms with Gasteiger partial charge in [-0.1, -0.05) is 12.1 Å². The molecule has 3 aromatic heterocycles. The first-order valence-corrected chi connectivity index (χ1v) is 11.7. The maximum absolute atomic E-state index is 14.1. The van der Waals surface area contributed by atoms with E-state index in [1.54, 1.807) is 11.1 Å². The number of anilines is 2. The lowest BCUT2D eigenvalue weighted by Crippen LogP contribution is -2.32. The molecule has 6 rings (SSSR count). The van der Waals surface area contributed by atoms with E-state index in [4.69, 9.17) is 15.0 Å². The van der Waals surface area contributed by atoms with E-state index in [2.05, 4.69) is 23.8 Å². The number of carbonyl (C=O) groups excluding carboxylic acids is 1. The minimum Gasteiger partial charge on any atom is -0.357 e. The van der Waals surface area contributed by atoms with Crippen LogP contribution in [0.15, 0.2) is 36.5 Å². The molecule has 1 amide bonds. The molecule has 1 aliphatic heterocycles. The number of benzene rings is 1. The summed E-state index contributed by atoms with van der Waals surface area (Å²) >= 11 is 0. The van der Waals surface area contributed by atoms with Gasteiger partial charge in [-0.25, -0.2) is 19.6 Å². The molecule has 4 heterocycles. The van der Waals surface area contributed by atoms with E-state index in [0.29, 0.717) is 23.8 Å². The van der Waals surface area contributed by atoms with Gasteiger partial charge in [-0.2, -0.15) is 5.10 Å². The minimum atomic E-state index is -0.0614. The van der Waals surface area contributed by atoms with Gasteiger partial charge in [0.1, 0.15) is 0 Å². The Morgan fingerprint density at radius 2 is 1.76 bits per heavy atom. The summed E-state index contributed by atoms with van der Waals surface area (Å²) in [4.78, 5) is 32.7. The number of fused-ring (bicyclic) bond motifs is 3. The standard InChI is InChI=1S/C25H27N7O/c1-15(2)32-22-18(14-26-32)17(13-21(29-22)16-9-10-16)25(33)31-12-6-11-30(3)23-24(31)28-20-8-5-4-7-19(20)27-23/h4-5,7-8,13-16H,6,9-12H2,1-3H3. The number of para-hydroxylation sites is 2. The lowest BCUT2D eigenvalue weighted by Gasteiger charge is -2.23. The molecule has 1 aliphatic carbocycles. The molecule has 33 heavy (non-hydrogen) atoms. The van der Waals surface area contributed by atoms with E-state index in [0.717, 1.165) is 59.4 Å². The number of amides is 1. The Labute approximate surface area is 192 Å². The zero-order chi connectivity index (χ0) is 22.7. The van der Waals surface area contributed by atoms with Gasteiger partial charge in [0.15, 0.2) is 17.3 Å². The maximum Gasteiger partial charge on any atom is 0.260 e. The van der Waals surface area contributed by atoms with Crippen molar-refractivity contribution in [1.29, 1.82) is 0 Å². The summed E-state index contributed by atoms with van der Waals surface area (Å²) in [6, 6.07) is 9.96. The summed E-state index contributed by atoms with van der Waals surface area (Å²) < 4.78 is 1.91. The Hall–Kier alpha value is -3.55. The fourth-order valence-corrected chi connectivity index (χ4v) is 4.62. The molecule has 0 spiro atoms. The molecule has 0 unspecified atom stereocenters. The molecule has 8 nitrogen and oxygen atoms in total. The smallest absolute Gasteiger partial charge is 0.260 e. The van der Waals surface area contributed by atoms with Crippen LogP contribution in [0.4, 0.5) is 11.6 Å². The van der Waals surface area contributed by atoms with Crippen molar-refractivity contribution in [2.45, 2.75) is 45.1 Å². The first kappa shape index (κ1) is 20.1. The highest BCUT2D eigenvalue weighted by Crippen LogP contribution is 2.41. The molecule has 8 heteroatoms. The summed E-state index contributed by atoms with van der Waals surface area (Å²) in [5.41, 5.74) is 4.05. The molecular formula is C25H27N7O. The van der Waals surface area contributed by atoms with Gasteiger partial charge in [-0.15, -0.1) is 0 Å². The Morgan fingerprint density at radius 1 is 1.03 bits per heavy atom. The van der Waals surface area contributed by atoms with Crippen LogP contribution in [-0.4, -0.2) is 50.8 Å². The van der Waals surface area contributed by atoms with Gasteiger partial charge in [0, 0.05) is 37.8 Å². The molecule has 4 aromatic rings. The predicted molar refractivity (Wildman–Crippen MR) is 129 cm³/mol. The fourth-order valence-electron chi connectivity index (χ4n) is 4.62. The lowest BCUT2D eigenvalue weighted by molar-refractivity contribution is 0.0988. The second-order valence-electron chi connectivity index (χ2n) is 9.38. The van der Waals surface area contributed by atoms with Gasteiger partial charge in [0.05, 0.1) is 28.2 Å². The normalized spacial score (nSPS) is 16.5. The third kappa shape index (κ3) is 3.32. The van der Waals surface area contributed by atoms with Crippen LogP contribution in [0, 0.1) is 0 Å². The van der Waals surface area contributed by atoms with Gasteiger partial charge in [-0.3, -0.25) is 9.69 Å². The van der Waals surface area contributed by atoms with Gasteiger partial charge >= 0.3 is 0 Å². The first-order valence-electron chi connectivity index (χ1n) is 11.7. The Kier molecular flexibility index (Phi) is 4.57. The number of rotatable bonds is 3. The summed E-state index contributed by atoms with van der Waals surface area (Å²) in [6.07, 6.45) is 4.86. The van der Waals surface area contributed by atoms with Crippen LogP contribution in [0.3, 0.4) is 0 Å². The highest BCUT2D eigenvalue weighted by molar-refractivity contribution is 6.14. The molecule has 0 N–H and O–H groups in total. The SMILES string of the molecule is CC(C)n1ncc2c(C(=O)N3CCCN(C)c4nc5ccccc5nc43)cc(C3CC3)nc21. The van der Waals surface area contributed by atoms with Crippen LogP contribution < -0.4 is 9.80 Å². The third-order valence-electron chi connectivity index (χ3n) is 6.57. The van der Waals surface area contributed by atoms with Crippen molar-refractivity contribution in [2.24, 2.45) is 0 Å². The van der Waals surface area contributed by atoms with Crippen LogP contribution in [0.5, 0.6) is 0 Å². The largest absolute Gasteiger partial charge is 0.357 e. The number of aromatic nitrogens is 5. The van der Waals surface area contributed by atoms with Crippen molar-refractivity contribution in [2.75, 3.05) is 29.9 Å². The molecule has 1 aromatic carbocycles. The lowest BCUT2D eigenvalue weighted by atomic mass is 10.1. The summed E-state index contributed by atoms with van der Waals surface area (Å²) in [5, 5.41) is 5.36. The van der Waals surface area contributed by atoms with Crippen molar-refractivity contribution in [3.05, 3.63) is 47.8 Å².